The minimum Gasteiger partial charge on any atom is -0.354 e. The van der Waals surface area contributed by atoms with Crippen molar-refractivity contribution in [2.45, 2.75) is 0 Å². The highest BCUT2D eigenvalue weighted by Gasteiger charge is 2.16. The highest BCUT2D eigenvalue weighted by molar-refractivity contribution is 5.80. The van der Waals surface area contributed by atoms with Gasteiger partial charge in [0.2, 0.25) is 0 Å². The molecule has 3 N–H and O–H groups in total. The number of hydrogen-bond acceptors (Lipinski definition) is 6. The lowest BCUT2D eigenvalue weighted by atomic mass is 10.2. The summed E-state index contributed by atoms with van der Waals surface area (Å²) in [4.78, 5) is 23.5. The Balaban J connectivity index is 1.54. The van der Waals surface area contributed by atoms with Gasteiger partial charge in [0.05, 0.1) is 22.9 Å². The van der Waals surface area contributed by atoms with Crippen molar-refractivity contribution in [1.29, 1.82) is 0 Å². The monoisotopic (exact) mass is 371 g/mol. The first kappa shape index (κ1) is 16.6. The second-order valence-corrected chi connectivity index (χ2v) is 6.69. The lowest BCUT2D eigenvalue weighted by Crippen LogP contribution is -2.43. The summed E-state index contributed by atoms with van der Waals surface area (Å²) in [5.41, 5.74) is 12.0. The molecule has 139 valence electrons. The zero-order valence-corrected chi connectivity index (χ0v) is 15.2. The predicted octanol–water partition coefficient (Wildman–Crippen LogP) is 2.41. The first-order chi connectivity index (χ1) is 13.8. The van der Waals surface area contributed by atoms with Gasteiger partial charge >= 0.3 is 0 Å². The molecule has 4 aromatic rings. The maximum atomic E-state index is 8.18. The average Bonchev–Trinajstić information content (AvgIpc) is 3.19. The van der Waals surface area contributed by atoms with Crippen molar-refractivity contribution in [3.8, 4) is 22.8 Å². The molecule has 0 amide bonds. The minimum absolute atomic E-state index is 0.0965. The lowest BCUT2D eigenvalue weighted by Gasteiger charge is -2.28. The summed E-state index contributed by atoms with van der Waals surface area (Å²) in [6.45, 7) is 3.76. The number of pyridine rings is 1. The smallest absolute Gasteiger partial charge is 0.174 e. The van der Waals surface area contributed by atoms with E-state index in [0.717, 1.165) is 48.6 Å². The molecule has 1 fully saturated rings. The molecule has 8 nitrogen and oxygen atoms in total. The molecule has 1 aromatic carbocycles. The molecule has 8 heteroatoms. The van der Waals surface area contributed by atoms with Crippen LogP contribution in [-0.2, 0) is 0 Å². The van der Waals surface area contributed by atoms with Gasteiger partial charge in [0.15, 0.2) is 17.3 Å². The molecule has 0 unspecified atom stereocenters. The van der Waals surface area contributed by atoms with Crippen LogP contribution in [0, 0.1) is 0 Å². The summed E-state index contributed by atoms with van der Waals surface area (Å²) in [5, 5.41) is 3.35. The predicted molar refractivity (Wildman–Crippen MR) is 108 cm³/mol. The summed E-state index contributed by atoms with van der Waals surface area (Å²) in [5.74, 6) is 1.58. The van der Waals surface area contributed by atoms with Gasteiger partial charge in [-0.3, -0.25) is 5.73 Å². The molecular formula is C20H19N8. The highest BCUT2D eigenvalue weighted by atomic mass is 15.2. The number of hydrogen-bond donors (Lipinski definition) is 2. The Kier molecular flexibility index (Phi) is 4.10. The number of nitrogens with one attached hydrogen (secondary N) is 3. The molecule has 5 rings (SSSR count). The summed E-state index contributed by atoms with van der Waals surface area (Å²) in [6.07, 6.45) is 3.43. The third kappa shape index (κ3) is 3.03. The van der Waals surface area contributed by atoms with Crippen LogP contribution < -0.4 is 16.0 Å². The zero-order valence-electron chi connectivity index (χ0n) is 15.2. The summed E-state index contributed by atoms with van der Waals surface area (Å²) < 4.78 is 0. The van der Waals surface area contributed by atoms with E-state index >= 15 is 0 Å². The van der Waals surface area contributed by atoms with E-state index in [-0.39, 0.29) is 5.82 Å². The molecular weight excluding hydrogens is 352 g/mol. The Morgan fingerprint density at radius 3 is 2.71 bits per heavy atom. The van der Waals surface area contributed by atoms with Crippen molar-refractivity contribution >= 4 is 22.7 Å². The molecule has 1 aliphatic rings. The van der Waals surface area contributed by atoms with E-state index < -0.39 is 0 Å². The highest BCUT2D eigenvalue weighted by Crippen LogP contribution is 2.27. The molecule has 4 heterocycles. The Morgan fingerprint density at radius 2 is 1.86 bits per heavy atom. The standard InChI is InChI=1S/C20H19N8/c21-19-18(20-26-14-3-1-2-4-15(14)27-20)25-16(12-24-19)13-5-6-23-17(11-13)28-9-7-22-8-10-28/h1-6,11-12,21-22H,7-10H2,(H,26,27). The van der Waals surface area contributed by atoms with Crippen molar-refractivity contribution in [2.24, 2.45) is 0 Å². The second-order valence-electron chi connectivity index (χ2n) is 6.69. The minimum atomic E-state index is 0.0965. The number of imidazole rings is 1. The molecule has 3 aromatic heterocycles. The Labute approximate surface area is 161 Å². The fourth-order valence-electron chi connectivity index (χ4n) is 3.40. The molecule has 1 radical (unpaired) electrons. The maximum Gasteiger partial charge on any atom is 0.174 e. The molecule has 0 spiro atoms. The first-order valence-corrected chi connectivity index (χ1v) is 9.24. The van der Waals surface area contributed by atoms with Gasteiger partial charge < -0.3 is 15.2 Å². The van der Waals surface area contributed by atoms with Gasteiger partial charge in [0.1, 0.15) is 5.82 Å². The topological polar surface area (TPSA) is 106 Å². The second kappa shape index (κ2) is 6.90. The van der Waals surface area contributed by atoms with Crippen LogP contribution in [0.15, 0.2) is 48.8 Å². The third-order valence-corrected chi connectivity index (χ3v) is 4.87. The van der Waals surface area contributed by atoms with Gasteiger partial charge in [-0.1, -0.05) is 12.1 Å². The van der Waals surface area contributed by atoms with E-state index in [4.69, 9.17) is 10.7 Å². The van der Waals surface area contributed by atoms with Gasteiger partial charge in [-0.15, -0.1) is 0 Å². The van der Waals surface area contributed by atoms with Crippen LogP contribution in [0.3, 0.4) is 0 Å². The van der Waals surface area contributed by atoms with Crippen LogP contribution >= 0.6 is 0 Å². The number of fused-ring (bicyclic) bond motifs is 1. The number of rotatable bonds is 3. The van der Waals surface area contributed by atoms with Crippen LogP contribution in [-0.4, -0.2) is 51.1 Å². The average molecular weight is 371 g/mol. The molecule has 0 bridgehead atoms. The van der Waals surface area contributed by atoms with Gasteiger partial charge in [0, 0.05) is 37.9 Å². The summed E-state index contributed by atoms with van der Waals surface area (Å²) >= 11 is 0. The van der Waals surface area contributed by atoms with Crippen LogP contribution in [0.5, 0.6) is 0 Å². The van der Waals surface area contributed by atoms with Crippen molar-refractivity contribution in [1.82, 2.24) is 36.0 Å². The number of benzene rings is 1. The van der Waals surface area contributed by atoms with Crippen molar-refractivity contribution in [2.75, 3.05) is 31.1 Å². The van der Waals surface area contributed by atoms with Crippen molar-refractivity contribution in [3.63, 3.8) is 0 Å². The zero-order chi connectivity index (χ0) is 18.9. The number of nitrogens with zero attached hydrogens (tertiary/aromatic N) is 5. The number of H-pyrrole nitrogens is 1. The Hall–Kier alpha value is -3.52. The molecule has 0 atom stereocenters. The van der Waals surface area contributed by atoms with Gasteiger partial charge in [-0.2, -0.15) is 0 Å². The number of piperazine rings is 1. The summed E-state index contributed by atoms with van der Waals surface area (Å²) in [7, 11) is 0. The summed E-state index contributed by atoms with van der Waals surface area (Å²) in [6, 6.07) is 11.7. The van der Waals surface area contributed by atoms with E-state index in [1.807, 2.05) is 36.4 Å². The first-order valence-electron chi connectivity index (χ1n) is 9.24. The number of para-hydroxylation sites is 2. The van der Waals surface area contributed by atoms with E-state index in [0.29, 0.717) is 17.2 Å². The normalized spacial score (nSPS) is 14.5. The number of aromatic nitrogens is 5. The molecule has 1 aliphatic heterocycles. The Bertz CT molecular complexity index is 1100. The maximum absolute atomic E-state index is 8.18. The van der Waals surface area contributed by atoms with Crippen LogP contribution in [0.4, 0.5) is 11.6 Å². The van der Waals surface area contributed by atoms with Crippen LogP contribution in [0.1, 0.15) is 0 Å². The molecule has 0 aliphatic carbocycles. The molecule has 28 heavy (non-hydrogen) atoms. The van der Waals surface area contributed by atoms with E-state index in [1.165, 1.54) is 0 Å². The van der Waals surface area contributed by atoms with E-state index in [2.05, 4.69) is 30.2 Å². The third-order valence-electron chi connectivity index (χ3n) is 4.87. The molecule has 1 saturated heterocycles. The van der Waals surface area contributed by atoms with E-state index in [9.17, 15) is 0 Å². The quantitative estimate of drug-likeness (QED) is 0.573. The number of anilines is 1. The van der Waals surface area contributed by atoms with Gasteiger partial charge in [-0.05, 0) is 24.3 Å². The van der Waals surface area contributed by atoms with Crippen molar-refractivity contribution in [3.05, 3.63) is 48.8 Å². The van der Waals surface area contributed by atoms with Gasteiger partial charge in [0.25, 0.3) is 0 Å². The largest absolute Gasteiger partial charge is 0.354 e. The Morgan fingerprint density at radius 1 is 1.00 bits per heavy atom. The van der Waals surface area contributed by atoms with Gasteiger partial charge in [-0.25, -0.2) is 19.9 Å². The SMILES string of the molecule is [NH]c1ncc(-c2ccnc(N3CCNCC3)c2)nc1-c1nc2ccccc2[nH]1. The fraction of sp³-hybridized carbons (Fsp3) is 0.200. The lowest BCUT2D eigenvalue weighted by molar-refractivity contribution is 0.585. The fourth-order valence-corrected chi connectivity index (χ4v) is 3.40. The number of aromatic amines is 1. The molecule has 0 saturated carbocycles. The van der Waals surface area contributed by atoms with E-state index in [1.54, 1.807) is 12.4 Å². The van der Waals surface area contributed by atoms with Crippen LogP contribution in [0.2, 0.25) is 0 Å². The van der Waals surface area contributed by atoms with Crippen molar-refractivity contribution < 1.29 is 0 Å². The van der Waals surface area contributed by atoms with Crippen LogP contribution in [0.25, 0.3) is 33.8 Å².